The topological polar surface area (TPSA) is 70.4 Å². The second-order valence-electron chi connectivity index (χ2n) is 7.99. The third-order valence-electron chi connectivity index (χ3n) is 5.68. The van der Waals surface area contributed by atoms with Crippen LogP contribution in [-0.2, 0) is 4.79 Å². The summed E-state index contributed by atoms with van der Waals surface area (Å²) in [5.41, 5.74) is 2.19. The van der Waals surface area contributed by atoms with E-state index >= 15 is 0 Å². The third-order valence-corrected chi connectivity index (χ3v) is 6.69. The van der Waals surface area contributed by atoms with Gasteiger partial charge in [-0.15, -0.1) is 0 Å². The number of furan rings is 1. The summed E-state index contributed by atoms with van der Waals surface area (Å²) < 4.78 is 20.4. The van der Waals surface area contributed by atoms with E-state index in [9.17, 15) is 9.18 Å². The minimum absolute atomic E-state index is 0.0189. The molecule has 1 fully saturated rings. The lowest BCUT2D eigenvalue weighted by molar-refractivity contribution is -0.116. The first-order valence-corrected chi connectivity index (χ1v) is 12.1. The van der Waals surface area contributed by atoms with Gasteiger partial charge in [-0.05, 0) is 82.7 Å². The summed E-state index contributed by atoms with van der Waals surface area (Å²) in [6.45, 7) is 0.0189. The molecular weight excluding hydrogens is 531 g/mol. The molecule has 0 unspecified atom stereocenters. The number of benzene rings is 2. The van der Waals surface area contributed by atoms with Gasteiger partial charge in [0, 0.05) is 21.9 Å². The van der Waals surface area contributed by atoms with Gasteiger partial charge in [-0.3, -0.25) is 9.78 Å². The van der Waals surface area contributed by atoms with Crippen LogP contribution in [0.2, 0.25) is 0 Å². The van der Waals surface area contributed by atoms with Crippen LogP contribution < -0.4 is 10.6 Å². The zero-order valence-electron chi connectivity index (χ0n) is 18.3. The number of rotatable bonds is 6. The van der Waals surface area contributed by atoms with Crippen molar-refractivity contribution >= 4 is 44.9 Å². The van der Waals surface area contributed by atoms with Crippen molar-refractivity contribution in [2.75, 3.05) is 11.9 Å². The fourth-order valence-corrected chi connectivity index (χ4v) is 4.96. The number of hydrogen-bond acceptors (Lipinski definition) is 4. The molecule has 5 rings (SSSR count). The lowest BCUT2D eigenvalue weighted by atomic mass is 10.0. The van der Waals surface area contributed by atoms with Gasteiger partial charge in [-0.25, -0.2) is 4.39 Å². The maximum absolute atomic E-state index is 13.6. The number of halogens is 2. The molecule has 0 saturated carbocycles. The van der Waals surface area contributed by atoms with Gasteiger partial charge < -0.3 is 20.0 Å². The molecule has 1 aliphatic heterocycles. The van der Waals surface area contributed by atoms with Crippen molar-refractivity contribution in [3.8, 4) is 11.3 Å². The molecule has 176 valence electrons. The van der Waals surface area contributed by atoms with Crippen LogP contribution in [-0.4, -0.2) is 27.4 Å². The minimum Gasteiger partial charge on any atom is -0.459 e. The summed E-state index contributed by atoms with van der Waals surface area (Å²) in [6.07, 6.45) is 1.71. The molecule has 2 aromatic carbocycles. The fraction of sp³-hybridized carbons (Fsp3) is 0.115. The summed E-state index contributed by atoms with van der Waals surface area (Å²) in [6, 6.07) is 22.2. The molecule has 35 heavy (non-hydrogen) atoms. The molecule has 9 heteroatoms. The monoisotopic (exact) mass is 550 g/mol. The van der Waals surface area contributed by atoms with Gasteiger partial charge in [0.2, 0.25) is 5.91 Å². The fourth-order valence-electron chi connectivity index (χ4n) is 4.11. The number of nitrogens with one attached hydrogen (secondary N) is 2. The standard InChI is InChI=1S/C26H20BrFN4O2S/c27-19-14-16(28)9-10-18(19)21-11-12-22(34-21)25-24(20-8-4-5-13-29-20)31-26(35)32(25)15-23(33)30-17-6-2-1-3-7-17/h1-14,24-25H,15H2,(H,30,33)(H,31,35)/t24-,25+/m0/s1. The Kier molecular flexibility index (Phi) is 6.61. The van der Waals surface area contributed by atoms with Gasteiger partial charge in [0.05, 0.1) is 11.7 Å². The van der Waals surface area contributed by atoms with Crippen molar-refractivity contribution in [2.45, 2.75) is 12.1 Å². The van der Waals surface area contributed by atoms with E-state index < -0.39 is 6.04 Å². The Balaban J connectivity index is 1.47. The number of thiocarbonyl (C=S) groups is 1. The van der Waals surface area contributed by atoms with Crippen LogP contribution in [0.4, 0.5) is 10.1 Å². The predicted octanol–water partition coefficient (Wildman–Crippen LogP) is 5.85. The van der Waals surface area contributed by atoms with E-state index in [1.54, 1.807) is 17.2 Å². The summed E-state index contributed by atoms with van der Waals surface area (Å²) in [7, 11) is 0. The quantitative estimate of drug-likeness (QED) is 0.293. The number of pyridine rings is 1. The van der Waals surface area contributed by atoms with Gasteiger partial charge in [-0.2, -0.15) is 0 Å². The molecular formula is C26H20BrFN4O2S. The van der Waals surface area contributed by atoms with Crippen LogP contribution in [0.1, 0.15) is 23.5 Å². The van der Waals surface area contributed by atoms with E-state index in [1.165, 1.54) is 12.1 Å². The number of para-hydroxylation sites is 1. The first-order chi connectivity index (χ1) is 17.0. The van der Waals surface area contributed by atoms with E-state index in [4.69, 9.17) is 16.6 Å². The van der Waals surface area contributed by atoms with Crippen molar-refractivity contribution in [2.24, 2.45) is 0 Å². The average Bonchev–Trinajstić information content (AvgIpc) is 3.45. The lowest BCUT2D eigenvalue weighted by Crippen LogP contribution is -2.36. The highest BCUT2D eigenvalue weighted by Gasteiger charge is 2.42. The van der Waals surface area contributed by atoms with Crippen LogP contribution >= 0.6 is 28.1 Å². The van der Waals surface area contributed by atoms with Crippen molar-refractivity contribution in [1.29, 1.82) is 0 Å². The van der Waals surface area contributed by atoms with Gasteiger partial charge in [0.15, 0.2) is 5.11 Å². The van der Waals surface area contributed by atoms with Crippen LogP contribution in [0.3, 0.4) is 0 Å². The summed E-state index contributed by atoms with van der Waals surface area (Å²) in [4.78, 5) is 19.2. The minimum atomic E-state index is -0.424. The molecule has 1 aliphatic rings. The van der Waals surface area contributed by atoms with Crippen molar-refractivity contribution < 1.29 is 13.6 Å². The first-order valence-electron chi connectivity index (χ1n) is 10.9. The number of aromatic nitrogens is 1. The molecule has 0 aliphatic carbocycles. The van der Waals surface area contributed by atoms with Crippen molar-refractivity contribution in [3.63, 3.8) is 0 Å². The molecule has 4 aromatic rings. The Morgan fingerprint density at radius 1 is 1.11 bits per heavy atom. The molecule has 0 spiro atoms. The van der Waals surface area contributed by atoms with Crippen LogP contribution in [0.5, 0.6) is 0 Å². The maximum atomic E-state index is 13.6. The van der Waals surface area contributed by atoms with Crippen LogP contribution in [0, 0.1) is 5.82 Å². The maximum Gasteiger partial charge on any atom is 0.244 e. The highest BCUT2D eigenvalue weighted by atomic mass is 79.9. The highest BCUT2D eigenvalue weighted by molar-refractivity contribution is 9.10. The van der Waals surface area contributed by atoms with Crippen LogP contribution in [0.15, 0.2) is 93.9 Å². The highest BCUT2D eigenvalue weighted by Crippen LogP contribution is 2.41. The van der Waals surface area contributed by atoms with E-state index in [1.807, 2.05) is 60.7 Å². The summed E-state index contributed by atoms with van der Waals surface area (Å²) in [5.74, 6) is 0.619. The molecule has 1 saturated heterocycles. The number of amides is 1. The number of carbonyl (C=O) groups excluding carboxylic acids is 1. The Morgan fingerprint density at radius 3 is 2.66 bits per heavy atom. The first kappa shape index (κ1) is 23.2. The van der Waals surface area contributed by atoms with Gasteiger partial charge in [0.25, 0.3) is 0 Å². The van der Waals surface area contributed by atoms with E-state index in [-0.39, 0.29) is 24.3 Å². The van der Waals surface area contributed by atoms with E-state index in [2.05, 4.69) is 31.5 Å². The van der Waals surface area contributed by atoms with Crippen molar-refractivity contribution in [1.82, 2.24) is 15.2 Å². The Hall–Kier alpha value is -3.56. The number of nitrogens with zero attached hydrogens (tertiary/aromatic N) is 2. The Labute approximate surface area is 215 Å². The predicted molar refractivity (Wildman–Crippen MR) is 139 cm³/mol. The van der Waals surface area contributed by atoms with E-state index in [0.29, 0.717) is 32.4 Å². The molecule has 3 heterocycles. The van der Waals surface area contributed by atoms with Crippen LogP contribution in [0.25, 0.3) is 11.3 Å². The second kappa shape index (κ2) is 9.97. The zero-order chi connectivity index (χ0) is 24.4. The van der Waals surface area contributed by atoms with Gasteiger partial charge in [-0.1, -0.05) is 24.3 Å². The van der Waals surface area contributed by atoms with Gasteiger partial charge >= 0.3 is 0 Å². The number of carbonyl (C=O) groups is 1. The Morgan fingerprint density at radius 2 is 1.91 bits per heavy atom. The Bertz CT molecular complexity index is 1370. The smallest absolute Gasteiger partial charge is 0.244 e. The number of hydrogen-bond donors (Lipinski definition) is 2. The normalized spacial score (nSPS) is 17.3. The molecule has 6 nitrogen and oxygen atoms in total. The van der Waals surface area contributed by atoms with Gasteiger partial charge in [0.1, 0.15) is 29.9 Å². The third kappa shape index (κ3) is 4.96. The lowest BCUT2D eigenvalue weighted by Gasteiger charge is -2.25. The molecule has 2 atom stereocenters. The molecule has 2 N–H and O–H groups in total. The summed E-state index contributed by atoms with van der Waals surface area (Å²) >= 11 is 9.03. The number of anilines is 1. The second-order valence-corrected chi connectivity index (χ2v) is 9.24. The summed E-state index contributed by atoms with van der Waals surface area (Å²) in [5, 5.41) is 6.63. The van der Waals surface area contributed by atoms with E-state index in [0.717, 1.165) is 5.69 Å². The SMILES string of the molecule is O=C(CN1C(=S)N[C@@H](c2ccccn2)[C@H]1c1ccc(-c2ccc(F)cc2Br)o1)Nc1ccccc1. The molecule has 2 aromatic heterocycles. The molecule has 1 amide bonds. The molecule has 0 bridgehead atoms. The molecule has 0 radical (unpaired) electrons. The zero-order valence-corrected chi connectivity index (χ0v) is 20.7. The average molecular weight is 551 g/mol. The largest absolute Gasteiger partial charge is 0.459 e. The van der Waals surface area contributed by atoms with Crippen molar-refractivity contribution in [3.05, 3.63) is 107 Å².